The normalized spacial score (nSPS) is 21.3. The van der Waals surface area contributed by atoms with Crippen LogP contribution in [0.25, 0.3) is 5.69 Å². The molecule has 0 unspecified atom stereocenters. The molecule has 1 saturated heterocycles. The fourth-order valence-electron chi connectivity index (χ4n) is 2.84. The van der Waals surface area contributed by atoms with Gasteiger partial charge < -0.3 is 14.7 Å². The molecule has 1 N–H and O–H groups in total. The van der Waals surface area contributed by atoms with Crippen molar-refractivity contribution in [3.63, 3.8) is 0 Å². The van der Waals surface area contributed by atoms with Crippen LogP contribution in [0.2, 0.25) is 0 Å². The van der Waals surface area contributed by atoms with Crippen molar-refractivity contribution >= 4 is 5.91 Å². The standard InChI is InChI=1S/C16H19N3O3/c1-22-15-9-14(11-20)18(10-15)16(21)12-4-2-5-13(8-12)19-7-3-6-17-19/h2-8,14-15,20H,9-11H2,1H3/t14-,15+/m0/s1. The van der Waals surface area contributed by atoms with Crippen molar-refractivity contribution in [2.45, 2.75) is 18.6 Å². The molecule has 22 heavy (non-hydrogen) atoms. The summed E-state index contributed by atoms with van der Waals surface area (Å²) in [5, 5.41) is 13.7. The summed E-state index contributed by atoms with van der Waals surface area (Å²) < 4.78 is 7.03. The Hall–Kier alpha value is -2.18. The fraction of sp³-hybridized carbons (Fsp3) is 0.375. The maximum absolute atomic E-state index is 12.7. The molecule has 6 heteroatoms. The summed E-state index contributed by atoms with van der Waals surface area (Å²) >= 11 is 0. The number of aliphatic hydroxyl groups excluding tert-OH is 1. The molecule has 2 aromatic rings. The van der Waals surface area contributed by atoms with Gasteiger partial charge in [-0.1, -0.05) is 6.07 Å². The number of benzene rings is 1. The van der Waals surface area contributed by atoms with Crippen LogP contribution in [0, 0.1) is 0 Å². The van der Waals surface area contributed by atoms with Crippen LogP contribution < -0.4 is 0 Å². The monoisotopic (exact) mass is 301 g/mol. The van der Waals surface area contributed by atoms with Gasteiger partial charge in [-0.3, -0.25) is 4.79 Å². The van der Waals surface area contributed by atoms with Gasteiger partial charge in [0, 0.05) is 31.6 Å². The van der Waals surface area contributed by atoms with Crippen LogP contribution in [-0.2, 0) is 4.74 Å². The fourth-order valence-corrected chi connectivity index (χ4v) is 2.84. The Kier molecular flexibility index (Phi) is 4.22. The van der Waals surface area contributed by atoms with Crippen LogP contribution in [-0.4, -0.2) is 58.1 Å². The summed E-state index contributed by atoms with van der Waals surface area (Å²) in [7, 11) is 1.63. The van der Waals surface area contributed by atoms with Gasteiger partial charge in [0.2, 0.25) is 0 Å². The predicted molar refractivity (Wildman–Crippen MR) is 80.9 cm³/mol. The number of nitrogens with zero attached hydrogens (tertiary/aromatic N) is 3. The highest BCUT2D eigenvalue weighted by Gasteiger charge is 2.35. The topological polar surface area (TPSA) is 67.6 Å². The van der Waals surface area contributed by atoms with Gasteiger partial charge in [-0.15, -0.1) is 0 Å². The first kappa shape index (κ1) is 14.7. The van der Waals surface area contributed by atoms with Crippen molar-refractivity contribution in [3.8, 4) is 5.69 Å². The molecular formula is C16H19N3O3. The van der Waals surface area contributed by atoms with Crippen molar-refractivity contribution in [1.82, 2.24) is 14.7 Å². The molecule has 1 fully saturated rings. The van der Waals surface area contributed by atoms with E-state index in [1.807, 2.05) is 30.5 Å². The molecule has 2 heterocycles. The summed E-state index contributed by atoms with van der Waals surface area (Å²) in [6.07, 6.45) is 4.17. The average Bonchev–Trinajstić information content (AvgIpc) is 3.23. The number of carbonyl (C=O) groups excluding carboxylic acids is 1. The van der Waals surface area contributed by atoms with E-state index in [4.69, 9.17) is 4.74 Å². The molecule has 3 rings (SSSR count). The number of hydrogen-bond acceptors (Lipinski definition) is 4. The van der Waals surface area contributed by atoms with Crippen molar-refractivity contribution in [3.05, 3.63) is 48.3 Å². The summed E-state index contributed by atoms with van der Waals surface area (Å²) in [6, 6.07) is 8.97. The predicted octanol–water partition coefficient (Wildman–Crippen LogP) is 1.09. The maximum atomic E-state index is 12.7. The molecule has 0 aliphatic carbocycles. The zero-order valence-corrected chi connectivity index (χ0v) is 12.4. The smallest absolute Gasteiger partial charge is 0.254 e. The molecule has 0 radical (unpaired) electrons. The van der Waals surface area contributed by atoms with E-state index < -0.39 is 0 Å². The lowest BCUT2D eigenvalue weighted by Crippen LogP contribution is -2.38. The maximum Gasteiger partial charge on any atom is 0.254 e. The molecule has 1 aromatic heterocycles. The highest BCUT2D eigenvalue weighted by atomic mass is 16.5. The summed E-state index contributed by atoms with van der Waals surface area (Å²) in [5.74, 6) is -0.0902. The first-order valence-corrected chi connectivity index (χ1v) is 7.27. The van der Waals surface area contributed by atoms with E-state index in [-0.39, 0.29) is 24.7 Å². The Bertz CT molecular complexity index is 642. The Morgan fingerprint density at radius 2 is 2.32 bits per heavy atom. The molecule has 1 aliphatic heterocycles. The van der Waals surface area contributed by atoms with E-state index in [1.54, 1.807) is 29.0 Å². The Morgan fingerprint density at radius 3 is 3.00 bits per heavy atom. The van der Waals surface area contributed by atoms with Crippen molar-refractivity contribution in [1.29, 1.82) is 0 Å². The van der Waals surface area contributed by atoms with E-state index in [1.165, 1.54) is 0 Å². The Morgan fingerprint density at radius 1 is 1.45 bits per heavy atom. The van der Waals surface area contributed by atoms with Crippen LogP contribution >= 0.6 is 0 Å². The van der Waals surface area contributed by atoms with E-state index in [0.29, 0.717) is 18.5 Å². The number of methoxy groups -OCH3 is 1. The number of aromatic nitrogens is 2. The second-order valence-corrected chi connectivity index (χ2v) is 5.39. The lowest BCUT2D eigenvalue weighted by Gasteiger charge is -2.23. The van der Waals surface area contributed by atoms with Crippen LogP contribution in [0.5, 0.6) is 0 Å². The minimum absolute atomic E-state index is 0.0181. The van der Waals surface area contributed by atoms with Crippen LogP contribution in [0.15, 0.2) is 42.7 Å². The van der Waals surface area contributed by atoms with E-state index in [2.05, 4.69) is 5.10 Å². The van der Waals surface area contributed by atoms with Gasteiger partial charge in [0.15, 0.2) is 0 Å². The number of rotatable bonds is 4. The van der Waals surface area contributed by atoms with Crippen LogP contribution in [0.1, 0.15) is 16.8 Å². The number of ether oxygens (including phenoxy) is 1. The summed E-state index contributed by atoms with van der Waals surface area (Å²) in [6.45, 7) is 0.455. The zero-order chi connectivity index (χ0) is 15.5. The summed E-state index contributed by atoms with van der Waals surface area (Å²) in [5.41, 5.74) is 1.42. The van der Waals surface area contributed by atoms with Crippen molar-refractivity contribution < 1.29 is 14.6 Å². The summed E-state index contributed by atoms with van der Waals surface area (Å²) in [4.78, 5) is 14.4. The van der Waals surface area contributed by atoms with Gasteiger partial charge in [-0.2, -0.15) is 5.10 Å². The minimum Gasteiger partial charge on any atom is -0.394 e. The van der Waals surface area contributed by atoms with Gasteiger partial charge in [-0.05, 0) is 30.7 Å². The van der Waals surface area contributed by atoms with E-state index >= 15 is 0 Å². The molecular weight excluding hydrogens is 282 g/mol. The average molecular weight is 301 g/mol. The third kappa shape index (κ3) is 2.75. The first-order valence-electron chi connectivity index (χ1n) is 7.27. The van der Waals surface area contributed by atoms with E-state index in [0.717, 1.165) is 5.69 Å². The SMILES string of the molecule is CO[C@@H]1C[C@@H](CO)N(C(=O)c2cccc(-n3cccn3)c2)C1. The quantitative estimate of drug-likeness (QED) is 0.918. The second kappa shape index (κ2) is 6.29. The van der Waals surface area contributed by atoms with Gasteiger partial charge in [-0.25, -0.2) is 4.68 Å². The lowest BCUT2D eigenvalue weighted by molar-refractivity contribution is 0.0648. The number of likely N-dealkylation sites (tertiary alicyclic amines) is 1. The zero-order valence-electron chi connectivity index (χ0n) is 12.4. The van der Waals surface area contributed by atoms with Crippen LogP contribution in [0.3, 0.4) is 0 Å². The van der Waals surface area contributed by atoms with Crippen molar-refractivity contribution in [2.24, 2.45) is 0 Å². The molecule has 116 valence electrons. The molecule has 0 spiro atoms. The Balaban J connectivity index is 1.84. The molecule has 6 nitrogen and oxygen atoms in total. The van der Waals surface area contributed by atoms with E-state index in [9.17, 15) is 9.90 Å². The molecule has 0 bridgehead atoms. The third-order valence-electron chi connectivity index (χ3n) is 4.04. The highest BCUT2D eigenvalue weighted by molar-refractivity contribution is 5.95. The Labute approximate surface area is 128 Å². The molecule has 2 atom stereocenters. The largest absolute Gasteiger partial charge is 0.394 e. The van der Waals surface area contributed by atoms with Gasteiger partial charge in [0.1, 0.15) is 0 Å². The van der Waals surface area contributed by atoms with Gasteiger partial charge in [0.25, 0.3) is 5.91 Å². The van der Waals surface area contributed by atoms with Crippen LogP contribution in [0.4, 0.5) is 0 Å². The lowest BCUT2D eigenvalue weighted by atomic mass is 10.1. The molecule has 0 saturated carbocycles. The minimum atomic E-state index is -0.189. The number of carbonyl (C=O) groups is 1. The molecule has 1 aliphatic rings. The third-order valence-corrected chi connectivity index (χ3v) is 4.04. The van der Waals surface area contributed by atoms with Crippen molar-refractivity contribution in [2.75, 3.05) is 20.3 Å². The first-order chi connectivity index (χ1) is 10.7. The molecule has 1 aromatic carbocycles. The highest BCUT2D eigenvalue weighted by Crippen LogP contribution is 2.22. The number of amides is 1. The number of hydrogen-bond donors (Lipinski definition) is 1. The second-order valence-electron chi connectivity index (χ2n) is 5.39. The van der Waals surface area contributed by atoms with Gasteiger partial charge >= 0.3 is 0 Å². The molecule has 1 amide bonds. The van der Waals surface area contributed by atoms with Gasteiger partial charge in [0.05, 0.1) is 24.4 Å². The number of aliphatic hydroxyl groups is 1.